The third-order valence-corrected chi connectivity index (χ3v) is 6.05. The second-order valence-electron chi connectivity index (χ2n) is 8.96. The van der Waals surface area contributed by atoms with E-state index < -0.39 is 0 Å². The lowest BCUT2D eigenvalue weighted by molar-refractivity contribution is 0.108. The zero-order valence-electron chi connectivity index (χ0n) is 19.6. The van der Waals surface area contributed by atoms with Crippen molar-refractivity contribution in [2.45, 2.75) is 41.5 Å². The summed E-state index contributed by atoms with van der Waals surface area (Å²) in [6.45, 7) is 14.1. The van der Waals surface area contributed by atoms with E-state index in [0.717, 1.165) is 0 Å². The van der Waals surface area contributed by atoms with Gasteiger partial charge in [-0.3, -0.25) is 4.79 Å². The summed E-state index contributed by atoms with van der Waals surface area (Å²) in [5, 5.41) is 1.37. The van der Waals surface area contributed by atoms with Crippen LogP contribution in [0.1, 0.15) is 51.9 Å². The molecular weight excluding hydrogens is 466 g/mol. The highest BCUT2D eigenvalue weighted by molar-refractivity contribution is 7.66. The molecule has 1 atom stereocenters. The van der Waals surface area contributed by atoms with Gasteiger partial charge in [0.15, 0.2) is 5.52 Å². The van der Waals surface area contributed by atoms with Crippen molar-refractivity contribution in [3.63, 3.8) is 0 Å². The Labute approximate surface area is 203 Å². The van der Waals surface area contributed by atoms with Crippen LogP contribution in [-0.2, 0) is 0 Å². The number of halogens is 2. The monoisotopic (exact) mass is 498 g/mol. The molecule has 0 N–H and O–H groups in total. The summed E-state index contributed by atoms with van der Waals surface area (Å²) < 4.78 is 18.2. The molecule has 0 bridgehead atoms. The minimum Gasteiger partial charge on any atom is -0.493 e. The molecule has 0 amide bonds. The molecule has 0 fully saturated rings. The number of hydrogen-bond acceptors (Lipinski definition) is 4. The zero-order valence-corrected chi connectivity index (χ0v) is 22.1. The quantitative estimate of drug-likeness (QED) is 0.289. The van der Waals surface area contributed by atoms with Crippen molar-refractivity contribution in [3.8, 4) is 17.2 Å². The van der Waals surface area contributed by atoms with Crippen molar-refractivity contribution >= 4 is 42.6 Å². The summed E-state index contributed by atoms with van der Waals surface area (Å²) in [7, 11) is -0.267. The van der Waals surface area contributed by atoms with Gasteiger partial charge in [0.25, 0.3) is 0 Å². The molecule has 2 aromatic rings. The van der Waals surface area contributed by atoms with Crippen LogP contribution < -0.4 is 19.5 Å². The fraction of sp³-hybridized carbons (Fsp3) is 0.480. The molecule has 0 spiro atoms. The molecule has 0 aromatic heterocycles. The van der Waals surface area contributed by atoms with Gasteiger partial charge in [-0.15, -0.1) is 0 Å². The van der Waals surface area contributed by atoms with Gasteiger partial charge in [0, 0.05) is 12.1 Å². The van der Waals surface area contributed by atoms with E-state index in [1.807, 2.05) is 12.1 Å². The Bertz CT molecular complexity index is 860. The molecule has 2 aromatic carbocycles. The lowest BCUT2D eigenvalue weighted by Crippen LogP contribution is -2.17. The normalized spacial score (nSPS) is 11.7. The van der Waals surface area contributed by atoms with E-state index in [2.05, 4.69) is 41.5 Å². The first-order valence-electron chi connectivity index (χ1n) is 10.9. The molecule has 1 unspecified atom stereocenters. The second kappa shape index (κ2) is 12.7. The molecule has 7 heteroatoms. The minimum atomic E-state index is -0.267. The third kappa shape index (κ3) is 8.14. The van der Waals surface area contributed by atoms with Crippen LogP contribution in [-0.4, -0.2) is 25.3 Å². The van der Waals surface area contributed by atoms with Crippen LogP contribution in [0.5, 0.6) is 17.2 Å². The standard InChI is InChI=1S/C25H33Cl2O4P/c1-15(2)12-29-18-10-21(30-13-16(3)4)24(22(11-18)31-14-17(5)6)32-25(28)23-19(26)8-7-9-20(23)27/h7-11,15-17,32H,12-14H2,1-6H3. The molecule has 32 heavy (non-hydrogen) atoms. The molecule has 0 aliphatic carbocycles. The number of ether oxygens (including phenoxy) is 3. The molecular formula is C25H33Cl2O4P. The maximum atomic E-state index is 13.2. The maximum absolute atomic E-state index is 13.2. The lowest BCUT2D eigenvalue weighted by atomic mass is 10.2. The SMILES string of the molecule is CC(C)COc1cc(OCC(C)C)c(PC(=O)c2c(Cl)cccc2Cl)c(OCC(C)C)c1. The Morgan fingerprint density at radius 1 is 0.812 bits per heavy atom. The highest BCUT2D eigenvalue weighted by Gasteiger charge is 2.22. The maximum Gasteiger partial charge on any atom is 0.188 e. The van der Waals surface area contributed by atoms with E-state index >= 15 is 0 Å². The lowest BCUT2D eigenvalue weighted by Gasteiger charge is -2.20. The van der Waals surface area contributed by atoms with Crippen molar-refractivity contribution in [2.75, 3.05) is 19.8 Å². The summed E-state index contributed by atoms with van der Waals surface area (Å²) in [4.78, 5) is 13.2. The van der Waals surface area contributed by atoms with Crippen molar-refractivity contribution in [1.29, 1.82) is 0 Å². The van der Waals surface area contributed by atoms with E-state index in [0.29, 0.717) is 75.7 Å². The van der Waals surface area contributed by atoms with Crippen molar-refractivity contribution < 1.29 is 19.0 Å². The molecule has 0 saturated heterocycles. The Kier molecular flexibility index (Phi) is 10.6. The van der Waals surface area contributed by atoms with Gasteiger partial charge < -0.3 is 14.2 Å². The van der Waals surface area contributed by atoms with E-state index in [1.165, 1.54) is 0 Å². The molecule has 0 saturated carbocycles. The summed E-state index contributed by atoms with van der Waals surface area (Å²) in [6, 6.07) is 8.74. The first-order chi connectivity index (χ1) is 15.1. The van der Waals surface area contributed by atoms with Crippen LogP contribution in [0.3, 0.4) is 0 Å². The minimum absolute atomic E-state index is 0.166. The third-order valence-electron chi connectivity index (χ3n) is 4.20. The van der Waals surface area contributed by atoms with Crippen molar-refractivity contribution in [3.05, 3.63) is 45.9 Å². The smallest absolute Gasteiger partial charge is 0.188 e. The van der Waals surface area contributed by atoms with E-state index in [1.54, 1.807) is 18.2 Å². The summed E-state index contributed by atoms with van der Waals surface area (Å²) >= 11 is 12.6. The van der Waals surface area contributed by atoms with E-state index in [-0.39, 0.29) is 14.1 Å². The summed E-state index contributed by atoms with van der Waals surface area (Å²) in [6.07, 6.45) is 0. The first kappa shape index (κ1) is 26.8. The predicted octanol–water partition coefficient (Wildman–Crippen LogP) is 7.24. The van der Waals surface area contributed by atoms with E-state index in [9.17, 15) is 4.79 Å². The van der Waals surface area contributed by atoms with Crippen LogP contribution in [0.25, 0.3) is 0 Å². The van der Waals surface area contributed by atoms with Gasteiger partial charge in [-0.2, -0.15) is 0 Å². The molecule has 176 valence electrons. The Hall–Kier alpha value is -1.48. The van der Waals surface area contributed by atoms with Crippen LogP contribution in [0.4, 0.5) is 0 Å². The fourth-order valence-corrected chi connectivity index (χ4v) is 4.55. The fourth-order valence-electron chi connectivity index (χ4n) is 2.67. The van der Waals surface area contributed by atoms with Crippen LogP contribution >= 0.6 is 31.8 Å². The van der Waals surface area contributed by atoms with Gasteiger partial charge in [0.05, 0.1) is 40.7 Å². The molecule has 0 radical (unpaired) electrons. The highest BCUT2D eigenvalue weighted by atomic mass is 35.5. The topological polar surface area (TPSA) is 44.8 Å². The van der Waals surface area contributed by atoms with Crippen molar-refractivity contribution in [1.82, 2.24) is 0 Å². The zero-order chi connectivity index (χ0) is 23.8. The van der Waals surface area contributed by atoms with Crippen LogP contribution in [0.2, 0.25) is 10.0 Å². The largest absolute Gasteiger partial charge is 0.493 e. The highest BCUT2D eigenvalue weighted by Crippen LogP contribution is 2.37. The van der Waals surface area contributed by atoms with Crippen LogP contribution in [0, 0.1) is 17.8 Å². The Balaban J connectivity index is 2.50. The van der Waals surface area contributed by atoms with Gasteiger partial charge in [-0.1, -0.05) is 70.8 Å². The average molecular weight is 499 g/mol. The van der Waals surface area contributed by atoms with Gasteiger partial charge in [-0.05, 0) is 38.5 Å². The van der Waals surface area contributed by atoms with Gasteiger partial charge in [0.1, 0.15) is 17.2 Å². The molecule has 0 heterocycles. The number of rotatable bonds is 12. The molecule has 2 rings (SSSR count). The summed E-state index contributed by atoms with van der Waals surface area (Å²) in [5.74, 6) is 2.86. The molecule has 0 aliphatic rings. The van der Waals surface area contributed by atoms with E-state index in [4.69, 9.17) is 37.4 Å². The van der Waals surface area contributed by atoms with Gasteiger partial charge >= 0.3 is 0 Å². The van der Waals surface area contributed by atoms with Gasteiger partial charge in [0.2, 0.25) is 0 Å². The second-order valence-corrected chi connectivity index (χ2v) is 11.0. The average Bonchev–Trinajstić information content (AvgIpc) is 2.70. The molecule has 4 nitrogen and oxygen atoms in total. The van der Waals surface area contributed by atoms with Crippen molar-refractivity contribution in [2.24, 2.45) is 17.8 Å². The first-order valence-corrected chi connectivity index (χ1v) is 12.7. The number of carbonyl (C=O) groups excluding carboxylic acids is 1. The number of benzene rings is 2. The summed E-state index contributed by atoms with van der Waals surface area (Å²) in [5.41, 5.74) is 0.152. The van der Waals surface area contributed by atoms with Gasteiger partial charge in [-0.25, -0.2) is 0 Å². The predicted molar refractivity (Wildman–Crippen MR) is 136 cm³/mol. The van der Waals surface area contributed by atoms with Crippen LogP contribution in [0.15, 0.2) is 30.3 Å². The number of carbonyl (C=O) groups is 1. The Morgan fingerprint density at radius 3 is 1.69 bits per heavy atom. The molecule has 0 aliphatic heterocycles. The number of hydrogen-bond donors (Lipinski definition) is 0. The Morgan fingerprint density at radius 2 is 1.25 bits per heavy atom.